The van der Waals surface area contributed by atoms with Gasteiger partial charge in [-0.1, -0.05) is 0 Å². The van der Waals surface area contributed by atoms with E-state index in [1.807, 2.05) is 0 Å². The zero-order chi connectivity index (χ0) is 9.68. The van der Waals surface area contributed by atoms with Crippen LogP contribution in [-0.4, -0.2) is 16.6 Å². The Morgan fingerprint density at radius 2 is 2.38 bits per heavy atom. The minimum Gasteiger partial charge on any atom is -0.476 e. The highest BCUT2D eigenvalue weighted by atomic mass is 16.5. The minimum absolute atomic E-state index is 0.436. The standard InChI is InChI=1S/C9H11N3O/c1-3-4-5-13-9-7(2)8(10)11-6-12-9/h1,6H,4-5H2,2H3,(H2,10,11,12). The van der Waals surface area contributed by atoms with Crippen LogP contribution in [0.15, 0.2) is 6.33 Å². The van der Waals surface area contributed by atoms with Crippen LogP contribution in [0, 0.1) is 19.3 Å². The van der Waals surface area contributed by atoms with E-state index in [0.717, 1.165) is 5.56 Å². The van der Waals surface area contributed by atoms with Crippen molar-refractivity contribution in [3.63, 3.8) is 0 Å². The second-order valence-electron chi connectivity index (χ2n) is 2.49. The lowest BCUT2D eigenvalue weighted by Crippen LogP contribution is -2.03. The quantitative estimate of drug-likeness (QED) is 0.547. The van der Waals surface area contributed by atoms with Crippen LogP contribution < -0.4 is 10.5 Å². The fraction of sp³-hybridized carbons (Fsp3) is 0.333. The Bertz CT molecular complexity index is 330. The molecule has 13 heavy (non-hydrogen) atoms. The van der Waals surface area contributed by atoms with Crippen molar-refractivity contribution >= 4 is 5.82 Å². The third kappa shape index (κ3) is 2.34. The number of hydrogen-bond donors (Lipinski definition) is 1. The SMILES string of the molecule is C#CCCOc1ncnc(N)c1C. The van der Waals surface area contributed by atoms with E-state index in [9.17, 15) is 0 Å². The first-order valence-corrected chi connectivity index (χ1v) is 3.89. The molecule has 0 unspecified atom stereocenters. The maximum absolute atomic E-state index is 5.55. The van der Waals surface area contributed by atoms with Gasteiger partial charge in [0.2, 0.25) is 5.88 Å². The molecule has 0 spiro atoms. The average molecular weight is 177 g/mol. The number of nitrogens with two attached hydrogens (primary N) is 1. The van der Waals surface area contributed by atoms with E-state index in [4.69, 9.17) is 16.9 Å². The predicted molar refractivity (Wildman–Crippen MR) is 50.1 cm³/mol. The van der Waals surface area contributed by atoms with E-state index in [1.165, 1.54) is 6.33 Å². The first kappa shape index (κ1) is 9.33. The van der Waals surface area contributed by atoms with E-state index < -0.39 is 0 Å². The molecular weight excluding hydrogens is 166 g/mol. The van der Waals surface area contributed by atoms with Crippen molar-refractivity contribution < 1.29 is 4.74 Å². The molecule has 4 nitrogen and oxygen atoms in total. The molecule has 0 saturated carbocycles. The van der Waals surface area contributed by atoms with Crippen molar-refractivity contribution in [2.45, 2.75) is 13.3 Å². The number of terminal acetylenes is 1. The molecule has 68 valence electrons. The highest BCUT2D eigenvalue weighted by Gasteiger charge is 2.03. The molecule has 0 atom stereocenters. The van der Waals surface area contributed by atoms with Crippen LogP contribution in [0.2, 0.25) is 0 Å². The molecule has 0 amide bonds. The number of rotatable bonds is 3. The Labute approximate surface area is 77.1 Å². The topological polar surface area (TPSA) is 61.0 Å². The lowest BCUT2D eigenvalue weighted by atomic mass is 10.3. The van der Waals surface area contributed by atoms with Gasteiger partial charge in [0.1, 0.15) is 18.8 Å². The minimum atomic E-state index is 0.436. The summed E-state index contributed by atoms with van der Waals surface area (Å²) in [4.78, 5) is 7.74. The molecule has 1 aromatic heterocycles. The van der Waals surface area contributed by atoms with E-state index in [1.54, 1.807) is 6.92 Å². The summed E-state index contributed by atoms with van der Waals surface area (Å²) in [5.41, 5.74) is 6.30. The summed E-state index contributed by atoms with van der Waals surface area (Å²) in [7, 11) is 0. The molecule has 0 aliphatic rings. The summed E-state index contributed by atoms with van der Waals surface area (Å²) in [6, 6.07) is 0. The third-order valence-corrected chi connectivity index (χ3v) is 1.56. The Balaban J connectivity index is 2.67. The molecule has 0 fully saturated rings. The van der Waals surface area contributed by atoms with Gasteiger partial charge in [0, 0.05) is 6.42 Å². The second-order valence-corrected chi connectivity index (χ2v) is 2.49. The van der Waals surface area contributed by atoms with Crippen LogP contribution >= 0.6 is 0 Å². The van der Waals surface area contributed by atoms with E-state index in [-0.39, 0.29) is 0 Å². The summed E-state index contributed by atoms with van der Waals surface area (Å²) in [5.74, 6) is 3.41. The summed E-state index contributed by atoms with van der Waals surface area (Å²) < 4.78 is 5.28. The van der Waals surface area contributed by atoms with Gasteiger partial charge in [-0.05, 0) is 6.92 Å². The summed E-state index contributed by atoms with van der Waals surface area (Å²) in [6.07, 6.45) is 7.00. The zero-order valence-corrected chi connectivity index (χ0v) is 7.45. The van der Waals surface area contributed by atoms with Crippen LogP contribution in [0.4, 0.5) is 5.82 Å². The van der Waals surface area contributed by atoms with Crippen LogP contribution in [-0.2, 0) is 0 Å². The van der Waals surface area contributed by atoms with Gasteiger partial charge in [-0.3, -0.25) is 0 Å². The Morgan fingerprint density at radius 1 is 1.62 bits per heavy atom. The summed E-state index contributed by atoms with van der Waals surface area (Å²) in [6.45, 7) is 2.26. The van der Waals surface area contributed by atoms with Crippen molar-refractivity contribution in [1.82, 2.24) is 9.97 Å². The number of anilines is 1. The number of nitrogens with zero attached hydrogens (tertiary/aromatic N) is 2. The highest BCUT2D eigenvalue weighted by molar-refractivity contribution is 5.42. The fourth-order valence-corrected chi connectivity index (χ4v) is 0.799. The molecule has 0 aromatic carbocycles. The van der Waals surface area contributed by atoms with Gasteiger partial charge in [-0.2, -0.15) is 0 Å². The van der Waals surface area contributed by atoms with Gasteiger partial charge < -0.3 is 10.5 Å². The maximum Gasteiger partial charge on any atom is 0.221 e. The lowest BCUT2D eigenvalue weighted by Gasteiger charge is -2.06. The van der Waals surface area contributed by atoms with Crippen molar-refractivity contribution in [3.05, 3.63) is 11.9 Å². The van der Waals surface area contributed by atoms with Gasteiger partial charge in [0.15, 0.2) is 0 Å². The first-order chi connectivity index (χ1) is 6.25. The van der Waals surface area contributed by atoms with E-state index >= 15 is 0 Å². The van der Waals surface area contributed by atoms with Crippen LogP contribution in [0.3, 0.4) is 0 Å². The summed E-state index contributed by atoms with van der Waals surface area (Å²) in [5, 5.41) is 0. The van der Waals surface area contributed by atoms with Crippen molar-refractivity contribution in [1.29, 1.82) is 0 Å². The van der Waals surface area contributed by atoms with E-state index in [2.05, 4.69) is 15.9 Å². The smallest absolute Gasteiger partial charge is 0.221 e. The van der Waals surface area contributed by atoms with Crippen molar-refractivity contribution in [2.24, 2.45) is 0 Å². The van der Waals surface area contributed by atoms with Gasteiger partial charge in [0.25, 0.3) is 0 Å². The predicted octanol–water partition coefficient (Wildman–Crippen LogP) is 0.769. The lowest BCUT2D eigenvalue weighted by molar-refractivity contribution is 0.312. The maximum atomic E-state index is 5.55. The molecule has 4 heteroatoms. The summed E-state index contributed by atoms with van der Waals surface area (Å²) >= 11 is 0. The van der Waals surface area contributed by atoms with Gasteiger partial charge in [-0.25, -0.2) is 9.97 Å². The molecule has 2 N–H and O–H groups in total. The van der Waals surface area contributed by atoms with Crippen LogP contribution in [0.5, 0.6) is 5.88 Å². The fourth-order valence-electron chi connectivity index (χ4n) is 0.799. The van der Waals surface area contributed by atoms with Crippen LogP contribution in [0.1, 0.15) is 12.0 Å². The first-order valence-electron chi connectivity index (χ1n) is 3.89. The molecule has 0 radical (unpaired) electrons. The Morgan fingerprint density at radius 3 is 3.08 bits per heavy atom. The van der Waals surface area contributed by atoms with Gasteiger partial charge in [-0.15, -0.1) is 12.3 Å². The zero-order valence-electron chi connectivity index (χ0n) is 7.45. The molecular formula is C9H11N3O. The molecule has 1 rings (SSSR count). The molecule has 0 aliphatic carbocycles. The molecule has 0 bridgehead atoms. The van der Waals surface area contributed by atoms with Crippen molar-refractivity contribution in [2.75, 3.05) is 12.3 Å². The van der Waals surface area contributed by atoms with Crippen LogP contribution in [0.25, 0.3) is 0 Å². The molecule has 1 aromatic rings. The van der Waals surface area contributed by atoms with Gasteiger partial charge in [0.05, 0.1) is 5.56 Å². The molecule has 1 heterocycles. The monoisotopic (exact) mass is 177 g/mol. The van der Waals surface area contributed by atoms with E-state index in [0.29, 0.717) is 24.7 Å². The average Bonchev–Trinajstić information content (AvgIpc) is 2.13. The third-order valence-electron chi connectivity index (χ3n) is 1.56. The highest BCUT2D eigenvalue weighted by Crippen LogP contribution is 2.17. The molecule has 0 aliphatic heterocycles. The molecule has 0 saturated heterocycles. The number of nitrogen functional groups attached to an aromatic ring is 1. The number of aromatic nitrogens is 2. The van der Waals surface area contributed by atoms with Gasteiger partial charge >= 0.3 is 0 Å². The Hall–Kier alpha value is -1.76. The number of ether oxygens (including phenoxy) is 1. The number of hydrogen-bond acceptors (Lipinski definition) is 4. The normalized spacial score (nSPS) is 9.23. The Kier molecular flexibility index (Phi) is 3.09. The van der Waals surface area contributed by atoms with Crippen molar-refractivity contribution in [3.8, 4) is 18.2 Å². The largest absolute Gasteiger partial charge is 0.476 e. The second kappa shape index (κ2) is 4.31.